The van der Waals surface area contributed by atoms with E-state index in [4.69, 9.17) is 9.47 Å². The Bertz CT molecular complexity index is 1680. The van der Waals surface area contributed by atoms with Crippen LogP contribution in [0.2, 0.25) is 0 Å². The molecule has 0 radical (unpaired) electrons. The molecule has 1 aliphatic rings. The van der Waals surface area contributed by atoms with Gasteiger partial charge >= 0.3 is 0 Å². The van der Waals surface area contributed by atoms with Crippen LogP contribution >= 0.6 is 23.1 Å². The van der Waals surface area contributed by atoms with Gasteiger partial charge in [0.1, 0.15) is 5.01 Å². The molecular formula is C35H33N3O4S2. The third-order valence-electron chi connectivity index (χ3n) is 7.50. The first-order valence-electron chi connectivity index (χ1n) is 14.5. The van der Waals surface area contributed by atoms with Gasteiger partial charge in [-0.15, -0.1) is 10.2 Å². The van der Waals surface area contributed by atoms with Crippen molar-refractivity contribution < 1.29 is 19.4 Å². The summed E-state index contributed by atoms with van der Waals surface area (Å²) < 4.78 is 14.0. The molecule has 0 bridgehead atoms. The standard InChI is InChI=1S/C35H33N3O4S2/c1-23-37-38-35(44-23)43-22-30-19-32(26-13-11-24(21-39)12-14-26)42-34(41-30)28-17-15-25(16-18-28)31-10-6-5-9-29(31)20-36-33(40)27-7-3-2-4-8-27/h2-18,30,32,34,39H,19-22H2,1H3,(H,36,40)/t30-,32+,34+/m1/s1. The van der Waals surface area contributed by atoms with Crippen molar-refractivity contribution in [1.29, 1.82) is 0 Å². The van der Waals surface area contributed by atoms with E-state index in [1.807, 2.05) is 79.7 Å². The van der Waals surface area contributed by atoms with Crippen LogP contribution in [0.5, 0.6) is 0 Å². The van der Waals surface area contributed by atoms with Crippen molar-refractivity contribution in [2.75, 3.05) is 5.75 Å². The van der Waals surface area contributed by atoms with Gasteiger partial charge in [0.15, 0.2) is 10.6 Å². The van der Waals surface area contributed by atoms with E-state index in [2.05, 4.69) is 45.8 Å². The Morgan fingerprint density at radius 3 is 2.36 bits per heavy atom. The summed E-state index contributed by atoms with van der Waals surface area (Å²) in [5, 5.41) is 21.9. The molecule has 9 heteroatoms. The molecule has 224 valence electrons. The van der Waals surface area contributed by atoms with Crippen molar-refractivity contribution in [1.82, 2.24) is 15.5 Å². The van der Waals surface area contributed by atoms with E-state index >= 15 is 0 Å². The molecular weight excluding hydrogens is 591 g/mol. The van der Waals surface area contributed by atoms with Crippen LogP contribution in [0.1, 0.15) is 56.4 Å². The molecule has 0 aliphatic carbocycles. The summed E-state index contributed by atoms with van der Waals surface area (Å²) in [7, 11) is 0. The number of aromatic nitrogens is 2. The molecule has 2 N–H and O–H groups in total. The lowest BCUT2D eigenvalue weighted by atomic mass is 9.97. The van der Waals surface area contributed by atoms with Crippen molar-refractivity contribution in [2.24, 2.45) is 0 Å². The Morgan fingerprint density at radius 2 is 1.64 bits per heavy atom. The van der Waals surface area contributed by atoms with Crippen molar-refractivity contribution in [2.45, 2.75) is 49.3 Å². The number of aryl methyl sites for hydroxylation is 1. The zero-order chi connectivity index (χ0) is 30.3. The molecule has 2 heterocycles. The number of nitrogens with zero attached hydrogens (tertiary/aromatic N) is 2. The van der Waals surface area contributed by atoms with Gasteiger partial charge in [0, 0.05) is 29.8 Å². The van der Waals surface area contributed by atoms with Gasteiger partial charge in [0.25, 0.3) is 5.91 Å². The lowest BCUT2D eigenvalue weighted by Gasteiger charge is -2.36. The SMILES string of the molecule is Cc1nnc(SC[C@H]2C[C@@H](c3ccc(CO)cc3)O[C@@H](c3ccc(-c4ccccc4CNC(=O)c4ccccc4)cc3)O2)s1. The molecule has 6 rings (SSSR count). The fourth-order valence-corrected chi connectivity index (χ4v) is 7.03. The largest absolute Gasteiger partial charge is 0.392 e. The normalized spacial score (nSPS) is 18.2. The topological polar surface area (TPSA) is 93.6 Å². The second-order valence-corrected chi connectivity index (χ2v) is 13.0. The van der Waals surface area contributed by atoms with Gasteiger partial charge < -0.3 is 19.9 Å². The highest BCUT2D eigenvalue weighted by molar-refractivity contribution is 8.01. The maximum Gasteiger partial charge on any atom is 0.251 e. The Morgan fingerprint density at radius 1 is 0.909 bits per heavy atom. The van der Waals surface area contributed by atoms with Crippen LogP contribution in [-0.2, 0) is 22.6 Å². The Balaban J connectivity index is 1.18. The summed E-state index contributed by atoms with van der Waals surface area (Å²) in [6.07, 6.45) is -0.0432. The zero-order valence-electron chi connectivity index (χ0n) is 24.3. The number of rotatable bonds is 10. The van der Waals surface area contributed by atoms with Crippen LogP contribution in [0.3, 0.4) is 0 Å². The summed E-state index contributed by atoms with van der Waals surface area (Å²) in [6, 6.07) is 33.5. The highest BCUT2D eigenvalue weighted by atomic mass is 32.2. The van der Waals surface area contributed by atoms with E-state index in [1.54, 1.807) is 23.1 Å². The highest BCUT2D eigenvalue weighted by Gasteiger charge is 2.32. The van der Waals surface area contributed by atoms with Crippen molar-refractivity contribution in [3.05, 3.63) is 136 Å². The predicted molar refractivity (Wildman–Crippen MR) is 173 cm³/mol. The van der Waals surface area contributed by atoms with Crippen LogP contribution in [0.4, 0.5) is 0 Å². The fraction of sp³-hybridized carbons (Fsp3) is 0.229. The van der Waals surface area contributed by atoms with Crippen LogP contribution in [0.25, 0.3) is 11.1 Å². The van der Waals surface area contributed by atoms with Gasteiger partial charge in [-0.05, 0) is 46.9 Å². The maximum atomic E-state index is 12.6. The van der Waals surface area contributed by atoms with Crippen LogP contribution in [-0.4, -0.2) is 33.1 Å². The number of aliphatic hydroxyl groups is 1. The maximum absolute atomic E-state index is 12.6. The van der Waals surface area contributed by atoms with E-state index in [0.717, 1.165) is 48.5 Å². The van der Waals surface area contributed by atoms with Gasteiger partial charge in [-0.25, -0.2) is 0 Å². The van der Waals surface area contributed by atoms with E-state index in [9.17, 15) is 9.90 Å². The number of hydrogen-bond donors (Lipinski definition) is 2. The molecule has 1 aliphatic heterocycles. The molecule has 3 atom stereocenters. The zero-order valence-corrected chi connectivity index (χ0v) is 25.9. The second kappa shape index (κ2) is 14.3. The first-order valence-corrected chi connectivity index (χ1v) is 16.3. The van der Waals surface area contributed by atoms with Crippen molar-refractivity contribution in [3.63, 3.8) is 0 Å². The fourth-order valence-electron chi connectivity index (χ4n) is 5.17. The number of carbonyl (C=O) groups excluding carboxylic acids is 1. The van der Waals surface area contributed by atoms with E-state index < -0.39 is 6.29 Å². The molecule has 1 saturated heterocycles. The molecule has 4 aromatic carbocycles. The molecule has 44 heavy (non-hydrogen) atoms. The molecule has 5 aromatic rings. The highest BCUT2D eigenvalue weighted by Crippen LogP contribution is 2.40. The molecule has 0 saturated carbocycles. The van der Waals surface area contributed by atoms with Gasteiger partial charge in [-0.3, -0.25) is 4.79 Å². The monoisotopic (exact) mass is 623 g/mol. The minimum absolute atomic E-state index is 0.00689. The van der Waals surface area contributed by atoms with Crippen molar-refractivity contribution in [3.8, 4) is 11.1 Å². The molecule has 1 aromatic heterocycles. The van der Waals surface area contributed by atoms with E-state index in [0.29, 0.717) is 18.5 Å². The summed E-state index contributed by atoms with van der Waals surface area (Å²) in [6.45, 7) is 2.38. The van der Waals surface area contributed by atoms with Crippen LogP contribution < -0.4 is 5.32 Å². The van der Waals surface area contributed by atoms with E-state index in [1.165, 1.54) is 0 Å². The first kappa shape index (κ1) is 30.2. The Kier molecular flexibility index (Phi) is 9.80. The first-order chi connectivity index (χ1) is 21.6. The Labute approximate surface area is 265 Å². The summed E-state index contributed by atoms with van der Waals surface area (Å²) in [5.41, 5.74) is 6.63. The molecule has 0 spiro atoms. The number of ether oxygens (including phenoxy) is 2. The average molecular weight is 624 g/mol. The third-order valence-corrected chi connectivity index (χ3v) is 9.61. The molecule has 7 nitrogen and oxygen atoms in total. The number of carbonyl (C=O) groups is 1. The van der Waals surface area contributed by atoms with Gasteiger partial charge in [0.2, 0.25) is 0 Å². The van der Waals surface area contributed by atoms with Crippen LogP contribution in [0.15, 0.2) is 107 Å². The van der Waals surface area contributed by atoms with Crippen LogP contribution in [0, 0.1) is 6.92 Å². The van der Waals surface area contributed by atoms with Crippen molar-refractivity contribution >= 4 is 29.0 Å². The number of amides is 1. The lowest BCUT2D eigenvalue weighted by molar-refractivity contribution is -0.245. The average Bonchev–Trinajstić information content (AvgIpc) is 3.51. The number of benzene rings is 4. The lowest BCUT2D eigenvalue weighted by Crippen LogP contribution is -2.31. The molecule has 1 fully saturated rings. The van der Waals surface area contributed by atoms with E-state index in [-0.39, 0.29) is 24.7 Å². The van der Waals surface area contributed by atoms with Gasteiger partial charge in [-0.2, -0.15) is 0 Å². The second-order valence-electron chi connectivity index (χ2n) is 10.6. The number of aliphatic hydroxyl groups excluding tert-OH is 1. The Hall–Kier alpha value is -3.86. The molecule has 1 amide bonds. The minimum Gasteiger partial charge on any atom is -0.392 e. The van der Waals surface area contributed by atoms with Gasteiger partial charge in [-0.1, -0.05) is 114 Å². The number of nitrogens with one attached hydrogen (secondary N) is 1. The minimum atomic E-state index is -0.539. The van der Waals surface area contributed by atoms with Gasteiger partial charge in [0.05, 0.1) is 18.8 Å². The summed E-state index contributed by atoms with van der Waals surface area (Å²) in [4.78, 5) is 12.6. The predicted octanol–water partition coefficient (Wildman–Crippen LogP) is 7.27. The molecule has 0 unspecified atom stereocenters. The summed E-state index contributed by atoms with van der Waals surface area (Å²) >= 11 is 3.24. The quantitative estimate of drug-likeness (QED) is 0.158. The number of thioether (sulfide) groups is 1. The smallest absolute Gasteiger partial charge is 0.251 e. The summed E-state index contributed by atoms with van der Waals surface area (Å²) in [5.74, 6) is 0.636. The third kappa shape index (κ3) is 7.43. The number of hydrogen-bond acceptors (Lipinski definition) is 8.